The molecule has 2 aromatic rings. The third-order valence-corrected chi connectivity index (χ3v) is 4.78. The maximum absolute atomic E-state index is 13.8. The van der Waals surface area contributed by atoms with Gasteiger partial charge in [-0.1, -0.05) is 6.07 Å². The number of halogens is 2. The van der Waals surface area contributed by atoms with Crippen LogP contribution >= 0.6 is 0 Å². The molecule has 0 saturated heterocycles. The molecule has 1 amide bonds. The maximum atomic E-state index is 13.8. The van der Waals surface area contributed by atoms with E-state index in [2.05, 4.69) is 10.3 Å². The second-order valence-corrected chi connectivity index (χ2v) is 6.32. The molecule has 2 aliphatic rings. The highest BCUT2D eigenvalue weighted by molar-refractivity contribution is 5.83. The highest BCUT2D eigenvalue weighted by atomic mass is 19.1. The largest absolute Gasteiger partial charge is 0.351 e. The van der Waals surface area contributed by atoms with Crippen LogP contribution in [0, 0.1) is 17.6 Å². The second kappa shape index (κ2) is 5.44. The summed E-state index contributed by atoms with van der Waals surface area (Å²) in [4.78, 5) is 16.6. The molecule has 1 aromatic carbocycles. The van der Waals surface area contributed by atoms with E-state index in [1.807, 2.05) is 10.8 Å². The van der Waals surface area contributed by atoms with E-state index in [4.69, 9.17) is 0 Å². The van der Waals surface area contributed by atoms with Crippen LogP contribution in [-0.4, -0.2) is 21.5 Å². The average molecular weight is 317 g/mol. The predicted molar refractivity (Wildman–Crippen MR) is 79.7 cm³/mol. The van der Waals surface area contributed by atoms with Gasteiger partial charge in [-0.15, -0.1) is 0 Å². The molecular weight excluding hydrogens is 300 g/mol. The SMILES string of the molecule is O=C(NC1CCc2nccn2C1)C1CC1c1c(F)cccc1F. The number of carbonyl (C=O) groups is 1. The Morgan fingerprint density at radius 3 is 2.87 bits per heavy atom. The maximum Gasteiger partial charge on any atom is 0.224 e. The molecule has 3 unspecified atom stereocenters. The molecule has 1 saturated carbocycles. The van der Waals surface area contributed by atoms with Gasteiger partial charge >= 0.3 is 0 Å². The molecule has 1 aromatic heterocycles. The Morgan fingerprint density at radius 2 is 2.09 bits per heavy atom. The van der Waals surface area contributed by atoms with Crippen molar-refractivity contribution >= 4 is 5.91 Å². The molecule has 23 heavy (non-hydrogen) atoms. The number of rotatable bonds is 3. The second-order valence-electron chi connectivity index (χ2n) is 6.32. The van der Waals surface area contributed by atoms with Crippen LogP contribution < -0.4 is 5.32 Å². The number of benzene rings is 1. The highest BCUT2D eigenvalue weighted by Gasteiger charge is 2.47. The number of hydrogen-bond donors (Lipinski definition) is 1. The van der Waals surface area contributed by atoms with Gasteiger partial charge in [0.2, 0.25) is 5.91 Å². The zero-order valence-corrected chi connectivity index (χ0v) is 12.5. The number of aryl methyl sites for hydroxylation is 1. The van der Waals surface area contributed by atoms with Crippen LogP contribution in [0.5, 0.6) is 0 Å². The molecule has 2 heterocycles. The Morgan fingerprint density at radius 1 is 1.30 bits per heavy atom. The van der Waals surface area contributed by atoms with Crippen LogP contribution in [0.15, 0.2) is 30.6 Å². The lowest BCUT2D eigenvalue weighted by atomic mass is 10.1. The molecule has 0 radical (unpaired) electrons. The molecule has 1 aliphatic carbocycles. The first kappa shape index (κ1) is 14.4. The van der Waals surface area contributed by atoms with E-state index in [0.717, 1.165) is 18.7 Å². The first-order chi connectivity index (χ1) is 11.1. The van der Waals surface area contributed by atoms with Crippen molar-refractivity contribution < 1.29 is 13.6 Å². The molecule has 4 rings (SSSR count). The van der Waals surface area contributed by atoms with Crippen molar-refractivity contribution in [3.05, 3.63) is 53.6 Å². The Balaban J connectivity index is 1.40. The number of carbonyl (C=O) groups excluding carboxylic acids is 1. The minimum atomic E-state index is -0.564. The molecule has 1 aliphatic heterocycles. The molecule has 0 spiro atoms. The molecular formula is C17H17F2N3O. The first-order valence-electron chi connectivity index (χ1n) is 7.88. The van der Waals surface area contributed by atoms with Crippen molar-refractivity contribution in [2.45, 2.75) is 37.8 Å². The quantitative estimate of drug-likeness (QED) is 0.945. The standard InChI is InChI=1S/C17H17F2N3O/c18-13-2-1-3-14(19)16(13)11-8-12(11)17(23)21-10-4-5-15-20-6-7-22(15)9-10/h1-3,6-7,10-12H,4-5,8-9H2,(H,21,23). The summed E-state index contributed by atoms with van der Waals surface area (Å²) in [6, 6.07) is 3.88. The van der Waals surface area contributed by atoms with Gasteiger partial charge < -0.3 is 9.88 Å². The molecule has 6 heteroatoms. The topological polar surface area (TPSA) is 46.9 Å². The van der Waals surface area contributed by atoms with Gasteiger partial charge in [-0.25, -0.2) is 13.8 Å². The van der Waals surface area contributed by atoms with Crippen molar-refractivity contribution in [2.75, 3.05) is 0 Å². The summed E-state index contributed by atoms with van der Waals surface area (Å²) in [6.45, 7) is 0.701. The van der Waals surface area contributed by atoms with Gasteiger partial charge in [-0.3, -0.25) is 4.79 Å². The number of fused-ring (bicyclic) bond motifs is 1. The van der Waals surface area contributed by atoms with Crippen LogP contribution in [0.4, 0.5) is 8.78 Å². The minimum Gasteiger partial charge on any atom is -0.351 e. The van der Waals surface area contributed by atoms with Crippen LogP contribution in [0.3, 0.4) is 0 Å². The van der Waals surface area contributed by atoms with Gasteiger partial charge in [0.1, 0.15) is 17.5 Å². The van der Waals surface area contributed by atoms with Crippen LogP contribution in [-0.2, 0) is 17.8 Å². The van der Waals surface area contributed by atoms with E-state index in [0.29, 0.717) is 13.0 Å². The highest BCUT2D eigenvalue weighted by Crippen LogP contribution is 2.49. The zero-order valence-electron chi connectivity index (χ0n) is 12.5. The fourth-order valence-corrected chi connectivity index (χ4v) is 3.46. The lowest BCUT2D eigenvalue weighted by Crippen LogP contribution is -2.41. The normalized spacial score (nSPS) is 25.7. The van der Waals surface area contributed by atoms with E-state index in [1.165, 1.54) is 18.2 Å². The Bertz CT molecular complexity index is 738. The van der Waals surface area contributed by atoms with Gasteiger partial charge in [0.15, 0.2) is 0 Å². The van der Waals surface area contributed by atoms with Gasteiger partial charge in [0.05, 0.1) is 0 Å². The fraction of sp³-hybridized carbons (Fsp3) is 0.412. The number of nitrogens with zero attached hydrogens (tertiary/aromatic N) is 2. The zero-order chi connectivity index (χ0) is 16.0. The summed E-state index contributed by atoms with van der Waals surface area (Å²) in [5.41, 5.74) is 0.0492. The lowest BCUT2D eigenvalue weighted by molar-refractivity contribution is -0.123. The van der Waals surface area contributed by atoms with E-state index < -0.39 is 11.6 Å². The molecule has 0 bridgehead atoms. The first-order valence-corrected chi connectivity index (χ1v) is 7.88. The number of amides is 1. The van der Waals surface area contributed by atoms with Gasteiger partial charge in [-0.05, 0) is 25.0 Å². The third kappa shape index (κ3) is 2.62. The van der Waals surface area contributed by atoms with Gasteiger partial charge in [0.25, 0.3) is 0 Å². The molecule has 1 fully saturated rings. The third-order valence-electron chi connectivity index (χ3n) is 4.78. The average Bonchev–Trinajstić information content (AvgIpc) is 3.16. The lowest BCUT2D eigenvalue weighted by Gasteiger charge is -2.24. The van der Waals surface area contributed by atoms with Crippen molar-refractivity contribution in [1.29, 1.82) is 0 Å². The van der Waals surface area contributed by atoms with Crippen LogP contribution in [0.2, 0.25) is 0 Å². The van der Waals surface area contributed by atoms with E-state index in [-0.39, 0.29) is 29.3 Å². The summed E-state index contributed by atoms with van der Waals surface area (Å²) in [6.07, 6.45) is 5.84. The monoisotopic (exact) mass is 317 g/mol. The van der Waals surface area contributed by atoms with E-state index >= 15 is 0 Å². The van der Waals surface area contributed by atoms with Crippen molar-refractivity contribution in [3.8, 4) is 0 Å². The predicted octanol–water partition coefficient (Wildman–Crippen LogP) is 2.40. The number of aromatic nitrogens is 2. The summed E-state index contributed by atoms with van der Waals surface area (Å²) >= 11 is 0. The number of hydrogen-bond acceptors (Lipinski definition) is 2. The van der Waals surface area contributed by atoms with Crippen molar-refractivity contribution in [3.63, 3.8) is 0 Å². The summed E-state index contributed by atoms with van der Waals surface area (Å²) in [5, 5.41) is 3.02. The van der Waals surface area contributed by atoms with Gasteiger partial charge in [-0.2, -0.15) is 0 Å². The molecule has 3 atom stereocenters. The van der Waals surface area contributed by atoms with Crippen LogP contribution in [0.25, 0.3) is 0 Å². The summed E-state index contributed by atoms with van der Waals surface area (Å²) in [7, 11) is 0. The molecule has 120 valence electrons. The Labute approximate surface area is 132 Å². The fourth-order valence-electron chi connectivity index (χ4n) is 3.46. The Hall–Kier alpha value is -2.24. The summed E-state index contributed by atoms with van der Waals surface area (Å²) in [5.74, 6) is -0.870. The van der Waals surface area contributed by atoms with Crippen molar-refractivity contribution in [1.82, 2.24) is 14.9 Å². The van der Waals surface area contributed by atoms with Crippen LogP contribution in [0.1, 0.15) is 30.1 Å². The number of imidazole rings is 1. The molecule has 4 nitrogen and oxygen atoms in total. The van der Waals surface area contributed by atoms with E-state index in [1.54, 1.807) is 6.20 Å². The van der Waals surface area contributed by atoms with Gasteiger partial charge in [0, 0.05) is 48.8 Å². The Kier molecular flexibility index (Phi) is 3.39. The summed E-state index contributed by atoms with van der Waals surface area (Å²) < 4.78 is 29.6. The smallest absolute Gasteiger partial charge is 0.224 e. The minimum absolute atomic E-state index is 0.0492. The molecule has 1 N–H and O–H groups in total. The van der Waals surface area contributed by atoms with Crippen molar-refractivity contribution in [2.24, 2.45) is 5.92 Å². The van der Waals surface area contributed by atoms with E-state index in [9.17, 15) is 13.6 Å². The number of nitrogens with one attached hydrogen (secondary N) is 1.